The van der Waals surface area contributed by atoms with Crippen LogP contribution in [0.3, 0.4) is 0 Å². The van der Waals surface area contributed by atoms with Crippen molar-refractivity contribution in [1.29, 1.82) is 0 Å². The highest BCUT2D eigenvalue weighted by atomic mass is 15.3. The molecule has 0 saturated carbocycles. The highest BCUT2D eigenvalue weighted by Gasteiger charge is 2.29. The van der Waals surface area contributed by atoms with E-state index in [9.17, 15) is 0 Å². The minimum atomic E-state index is 0.935. The van der Waals surface area contributed by atoms with Crippen molar-refractivity contribution in [2.75, 3.05) is 32.7 Å². The van der Waals surface area contributed by atoms with E-state index in [-0.39, 0.29) is 0 Å². The molecule has 2 aliphatic rings. The van der Waals surface area contributed by atoms with Gasteiger partial charge >= 0.3 is 0 Å². The van der Waals surface area contributed by atoms with E-state index in [0.717, 1.165) is 36.4 Å². The van der Waals surface area contributed by atoms with E-state index >= 15 is 0 Å². The van der Waals surface area contributed by atoms with Gasteiger partial charge in [0.25, 0.3) is 0 Å². The van der Waals surface area contributed by atoms with Crippen LogP contribution in [0.1, 0.15) is 49.3 Å². The van der Waals surface area contributed by atoms with Gasteiger partial charge in [-0.05, 0) is 96.6 Å². The predicted octanol–water partition coefficient (Wildman–Crippen LogP) is 3.24. The molecular weight excluding hydrogens is 348 g/mol. The first kappa shape index (κ1) is 19.6. The van der Waals surface area contributed by atoms with Crippen LogP contribution in [0.4, 0.5) is 0 Å². The molecule has 154 valence electrons. The summed E-state index contributed by atoms with van der Waals surface area (Å²) in [7, 11) is 0. The number of piperidine rings is 2. The molecule has 6 nitrogen and oxygen atoms in total. The van der Waals surface area contributed by atoms with Crippen molar-refractivity contribution in [2.45, 2.75) is 59.0 Å². The minimum Gasteiger partial charge on any atom is -0.348 e. The lowest BCUT2D eigenvalue weighted by molar-refractivity contribution is 0.0916. The van der Waals surface area contributed by atoms with Gasteiger partial charge in [0, 0.05) is 24.6 Å². The summed E-state index contributed by atoms with van der Waals surface area (Å²) < 4.78 is 2.17. The van der Waals surface area contributed by atoms with E-state index in [1.165, 1.54) is 70.5 Å². The number of aromatic amines is 1. The maximum atomic E-state index is 4.58. The number of hydrogen-bond donors (Lipinski definition) is 1. The third kappa shape index (κ3) is 5.03. The maximum absolute atomic E-state index is 4.58. The Kier molecular flexibility index (Phi) is 6.47. The first-order chi connectivity index (χ1) is 13.7. The van der Waals surface area contributed by atoms with E-state index < -0.39 is 0 Å². The minimum absolute atomic E-state index is 0.935. The van der Waals surface area contributed by atoms with E-state index in [1.54, 1.807) is 0 Å². The number of aryl methyl sites for hydroxylation is 3. The van der Waals surface area contributed by atoms with Gasteiger partial charge in [-0.3, -0.25) is 9.58 Å². The van der Waals surface area contributed by atoms with Gasteiger partial charge in [0.05, 0.1) is 12.2 Å². The smallest absolute Gasteiger partial charge is 0.120 e. The number of aromatic nitrogens is 4. The molecule has 4 rings (SSSR count). The topological polar surface area (TPSA) is 53.0 Å². The molecule has 0 bridgehead atoms. The fourth-order valence-corrected chi connectivity index (χ4v) is 5.17. The highest BCUT2D eigenvalue weighted by molar-refractivity contribution is 5.06. The molecule has 2 aliphatic heterocycles. The molecule has 2 aromatic heterocycles. The number of rotatable bonds is 7. The van der Waals surface area contributed by atoms with E-state index in [1.807, 2.05) is 12.4 Å². The Hall–Kier alpha value is -1.66. The Labute approximate surface area is 169 Å². The number of nitrogens with one attached hydrogen (secondary N) is 1. The largest absolute Gasteiger partial charge is 0.348 e. The van der Waals surface area contributed by atoms with Crippen LogP contribution in [-0.4, -0.2) is 62.3 Å². The molecular formula is C22H36N6. The quantitative estimate of drug-likeness (QED) is 0.796. The zero-order valence-corrected chi connectivity index (χ0v) is 17.6. The summed E-state index contributed by atoms with van der Waals surface area (Å²) in [6.07, 6.45) is 10.5. The monoisotopic (exact) mass is 384 g/mol. The van der Waals surface area contributed by atoms with Gasteiger partial charge in [-0.15, -0.1) is 0 Å². The Bertz CT molecular complexity index is 705. The number of hydrogen-bond acceptors (Lipinski definition) is 4. The summed E-state index contributed by atoms with van der Waals surface area (Å²) in [5.74, 6) is 2.98. The van der Waals surface area contributed by atoms with E-state index in [2.05, 4.69) is 49.5 Å². The third-order valence-corrected chi connectivity index (χ3v) is 6.81. The molecule has 1 N–H and O–H groups in total. The fourth-order valence-electron chi connectivity index (χ4n) is 5.17. The van der Waals surface area contributed by atoms with Crippen molar-refractivity contribution in [3.8, 4) is 0 Å². The number of likely N-dealkylation sites (tertiary alicyclic amines) is 2. The molecule has 2 saturated heterocycles. The second-order valence-corrected chi connectivity index (χ2v) is 8.83. The predicted molar refractivity (Wildman–Crippen MR) is 112 cm³/mol. The molecule has 0 aromatic carbocycles. The summed E-state index contributed by atoms with van der Waals surface area (Å²) >= 11 is 0. The lowest BCUT2D eigenvalue weighted by Crippen LogP contribution is -2.41. The average Bonchev–Trinajstić information content (AvgIpc) is 3.32. The summed E-state index contributed by atoms with van der Waals surface area (Å²) in [4.78, 5) is 12.8. The van der Waals surface area contributed by atoms with Gasteiger partial charge < -0.3 is 9.88 Å². The normalized spacial score (nSPS) is 20.8. The van der Waals surface area contributed by atoms with Crippen LogP contribution < -0.4 is 0 Å². The fraction of sp³-hybridized carbons (Fsp3) is 0.727. The van der Waals surface area contributed by atoms with Crippen molar-refractivity contribution in [2.24, 2.45) is 11.8 Å². The van der Waals surface area contributed by atoms with Crippen LogP contribution in [0.15, 0.2) is 18.5 Å². The van der Waals surface area contributed by atoms with Gasteiger partial charge in [0.1, 0.15) is 5.82 Å². The van der Waals surface area contributed by atoms with Crippen LogP contribution in [-0.2, 0) is 13.1 Å². The Balaban J connectivity index is 1.13. The van der Waals surface area contributed by atoms with Crippen LogP contribution in [0.2, 0.25) is 0 Å². The van der Waals surface area contributed by atoms with Gasteiger partial charge in [-0.2, -0.15) is 5.10 Å². The molecule has 0 spiro atoms. The summed E-state index contributed by atoms with van der Waals surface area (Å²) in [6, 6.07) is 2.17. The lowest BCUT2D eigenvalue weighted by atomic mass is 9.79. The average molecular weight is 385 g/mol. The van der Waals surface area contributed by atoms with Gasteiger partial charge in [-0.25, -0.2) is 4.98 Å². The van der Waals surface area contributed by atoms with Crippen molar-refractivity contribution < 1.29 is 0 Å². The van der Waals surface area contributed by atoms with Gasteiger partial charge in [0.15, 0.2) is 0 Å². The van der Waals surface area contributed by atoms with Gasteiger partial charge in [0.2, 0.25) is 0 Å². The SMILES string of the molecule is Cc1cc(C)n(CCCN2CCC(C3CCN(Cc4ncc[nH]4)CC3)CC2)n1. The maximum Gasteiger partial charge on any atom is 0.120 e. The van der Waals surface area contributed by atoms with Crippen molar-refractivity contribution in [3.63, 3.8) is 0 Å². The van der Waals surface area contributed by atoms with Crippen LogP contribution >= 0.6 is 0 Å². The second kappa shape index (κ2) is 9.23. The van der Waals surface area contributed by atoms with Gasteiger partial charge in [-0.1, -0.05) is 0 Å². The standard InChI is InChI=1S/C22H36N6/c1-18-16-19(2)28(25-18)11-3-10-26-12-4-20(5-13-26)21-6-14-27(15-7-21)17-22-23-8-9-24-22/h8-9,16,20-21H,3-7,10-15,17H2,1-2H3,(H,23,24). The molecule has 2 aromatic rings. The van der Waals surface area contributed by atoms with Crippen LogP contribution in [0.25, 0.3) is 0 Å². The van der Waals surface area contributed by atoms with Crippen molar-refractivity contribution >= 4 is 0 Å². The summed E-state index contributed by atoms with van der Waals surface area (Å²) in [6.45, 7) is 12.5. The molecule has 4 heterocycles. The van der Waals surface area contributed by atoms with E-state index in [0.29, 0.717) is 0 Å². The lowest BCUT2D eigenvalue weighted by Gasteiger charge is -2.40. The highest BCUT2D eigenvalue weighted by Crippen LogP contribution is 2.32. The third-order valence-electron chi connectivity index (χ3n) is 6.81. The van der Waals surface area contributed by atoms with E-state index in [4.69, 9.17) is 0 Å². The molecule has 2 fully saturated rings. The van der Waals surface area contributed by atoms with Crippen LogP contribution in [0, 0.1) is 25.7 Å². The zero-order chi connectivity index (χ0) is 19.3. The summed E-state index contributed by atoms with van der Waals surface area (Å²) in [5.41, 5.74) is 2.42. The molecule has 6 heteroatoms. The molecule has 0 unspecified atom stereocenters. The van der Waals surface area contributed by atoms with Crippen molar-refractivity contribution in [1.82, 2.24) is 29.5 Å². The first-order valence-electron chi connectivity index (χ1n) is 11.1. The Morgan fingerprint density at radius 2 is 1.64 bits per heavy atom. The second-order valence-electron chi connectivity index (χ2n) is 8.83. The zero-order valence-electron chi connectivity index (χ0n) is 17.6. The molecule has 0 aliphatic carbocycles. The number of nitrogens with zero attached hydrogens (tertiary/aromatic N) is 5. The Morgan fingerprint density at radius 3 is 2.21 bits per heavy atom. The first-order valence-corrected chi connectivity index (χ1v) is 11.1. The van der Waals surface area contributed by atoms with Crippen LogP contribution in [0.5, 0.6) is 0 Å². The number of H-pyrrole nitrogens is 1. The number of imidazole rings is 1. The molecule has 0 atom stereocenters. The van der Waals surface area contributed by atoms with Crippen molar-refractivity contribution in [3.05, 3.63) is 35.7 Å². The Morgan fingerprint density at radius 1 is 0.964 bits per heavy atom. The molecule has 0 radical (unpaired) electrons. The molecule has 0 amide bonds. The molecule has 28 heavy (non-hydrogen) atoms. The summed E-state index contributed by atoms with van der Waals surface area (Å²) in [5, 5.41) is 4.58.